The molecule has 6 heteroatoms. The molecule has 1 heterocycles. The van der Waals surface area contributed by atoms with Crippen LogP contribution in [0.25, 0.3) is 0 Å². The van der Waals surface area contributed by atoms with Crippen LogP contribution >= 0.6 is 0 Å². The van der Waals surface area contributed by atoms with Crippen molar-refractivity contribution in [1.29, 1.82) is 0 Å². The highest BCUT2D eigenvalue weighted by Crippen LogP contribution is 2.33. The highest BCUT2D eigenvalue weighted by atomic mass is 19.4. The van der Waals surface area contributed by atoms with E-state index in [1.54, 1.807) is 7.05 Å². The van der Waals surface area contributed by atoms with Gasteiger partial charge in [0.25, 0.3) is 0 Å². The van der Waals surface area contributed by atoms with E-state index in [1.165, 1.54) is 0 Å². The van der Waals surface area contributed by atoms with Gasteiger partial charge in [-0.2, -0.15) is 13.2 Å². The second kappa shape index (κ2) is 6.33. The van der Waals surface area contributed by atoms with Gasteiger partial charge in [-0.05, 0) is 31.9 Å². The molecular formula is C14H22F3N3. The Hall–Kier alpha value is -1.46. The minimum absolute atomic E-state index is 0.0816. The molecule has 0 aromatic carbocycles. The zero-order valence-corrected chi connectivity index (χ0v) is 12.5. The largest absolute Gasteiger partial charge is 0.416 e. The Balaban J connectivity index is 3.27. The van der Waals surface area contributed by atoms with E-state index in [1.807, 2.05) is 32.6 Å². The number of aromatic nitrogens is 1. The van der Waals surface area contributed by atoms with Crippen LogP contribution in [-0.4, -0.2) is 24.6 Å². The minimum atomic E-state index is -4.37. The Morgan fingerprint density at radius 2 is 1.80 bits per heavy atom. The van der Waals surface area contributed by atoms with Crippen molar-refractivity contribution in [2.45, 2.75) is 39.9 Å². The Labute approximate surface area is 118 Å². The average molecular weight is 289 g/mol. The van der Waals surface area contributed by atoms with Gasteiger partial charge in [-0.3, -0.25) is 0 Å². The van der Waals surface area contributed by atoms with Crippen LogP contribution in [0.2, 0.25) is 0 Å². The normalized spacial score (nSPS) is 12.1. The molecule has 0 aliphatic rings. The number of hydrogen-bond donors (Lipinski definition) is 1. The number of nitrogens with one attached hydrogen (secondary N) is 1. The second-order valence-electron chi connectivity index (χ2n) is 5.49. The maximum absolute atomic E-state index is 12.9. The first-order chi connectivity index (χ1) is 9.15. The molecular weight excluding hydrogens is 267 g/mol. The fourth-order valence-corrected chi connectivity index (χ4v) is 1.92. The summed E-state index contributed by atoms with van der Waals surface area (Å²) in [7, 11) is 1.56. The van der Waals surface area contributed by atoms with E-state index in [2.05, 4.69) is 10.3 Å². The van der Waals surface area contributed by atoms with Gasteiger partial charge in [0.2, 0.25) is 0 Å². The maximum Gasteiger partial charge on any atom is 0.416 e. The van der Waals surface area contributed by atoms with Crippen LogP contribution in [0, 0.1) is 5.92 Å². The summed E-state index contributed by atoms with van der Waals surface area (Å²) in [5.41, 5.74) is -0.679. The predicted octanol–water partition coefficient (Wildman–Crippen LogP) is 4.01. The zero-order valence-electron chi connectivity index (χ0n) is 12.5. The molecule has 1 aromatic heterocycles. The Morgan fingerprint density at radius 1 is 1.20 bits per heavy atom. The molecule has 0 unspecified atom stereocenters. The van der Waals surface area contributed by atoms with Crippen LogP contribution in [0.15, 0.2) is 12.1 Å². The van der Waals surface area contributed by atoms with Crippen molar-refractivity contribution in [2.24, 2.45) is 5.92 Å². The van der Waals surface area contributed by atoms with Gasteiger partial charge in [0, 0.05) is 19.6 Å². The van der Waals surface area contributed by atoms with E-state index in [0.717, 1.165) is 12.1 Å². The molecule has 114 valence electrons. The first-order valence-electron chi connectivity index (χ1n) is 6.68. The molecule has 3 nitrogen and oxygen atoms in total. The summed E-state index contributed by atoms with van der Waals surface area (Å²) < 4.78 is 38.8. The van der Waals surface area contributed by atoms with Crippen molar-refractivity contribution in [1.82, 2.24) is 4.98 Å². The summed E-state index contributed by atoms with van der Waals surface area (Å²) in [5, 5.41) is 2.69. The van der Waals surface area contributed by atoms with Gasteiger partial charge < -0.3 is 10.2 Å². The summed E-state index contributed by atoms with van der Waals surface area (Å²) in [4.78, 5) is 6.14. The number of pyridine rings is 1. The molecule has 0 fully saturated rings. The number of alkyl halides is 3. The van der Waals surface area contributed by atoms with Gasteiger partial charge in [-0.1, -0.05) is 13.8 Å². The third-order valence-corrected chi connectivity index (χ3v) is 2.87. The van der Waals surface area contributed by atoms with Gasteiger partial charge in [-0.25, -0.2) is 4.98 Å². The molecule has 0 aliphatic carbocycles. The summed E-state index contributed by atoms with van der Waals surface area (Å²) in [5.74, 6) is 0.920. The van der Waals surface area contributed by atoms with Gasteiger partial charge in [0.15, 0.2) is 0 Å². The molecule has 20 heavy (non-hydrogen) atoms. The average Bonchev–Trinajstić information content (AvgIpc) is 2.33. The van der Waals surface area contributed by atoms with E-state index < -0.39 is 11.7 Å². The molecule has 1 aromatic rings. The Morgan fingerprint density at radius 3 is 2.20 bits per heavy atom. The van der Waals surface area contributed by atoms with Crippen LogP contribution in [0.3, 0.4) is 0 Å². The van der Waals surface area contributed by atoms with Crippen LogP contribution in [0.4, 0.5) is 24.8 Å². The standard InChI is InChI=1S/C14H22F3N3/c1-9(2)8-20(10(3)4)13-7-11(14(15,16)17)6-12(18-5)19-13/h6-7,9-10H,8H2,1-5H3,(H,18,19). The fraction of sp³-hybridized carbons (Fsp3) is 0.643. The monoisotopic (exact) mass is 289 g/mol. The third-order valence-electron chi connectivity index (χ3n) is 2.87. The predicted molar refractivity (Wildman–Crippen MR) is 76.1 cm³/mol. The number of anilines is 2. The third kappa shape index (κ3) is 4.28. The Bertz CT molecular complexity index is 442. The van der Waals surface area contributed by atoms with Crippen LogP contribution in [0.5, 0.6) is 0 Å². The topological polar surface area (TPSA) is 28.2 Å². The van der Waals surface area contributed by atoms with Crippen molar-refractivity contribution in [2.75, 3.05) is 23.8 Å². The van der Waals surface area contributed by atoms with E-state index in [4.69, 9.17) is 0 Å². The number of rotatable bonds is 5. The lowest BCUT2D eigenvalue weighted by molar-refractivity contribution is -0.137. The van der Waals surface area contributed by atoms with Gasteiger partial charge >= 0.3 is 6.18 Å². The molecule has 0 saturated heterocycles. The van der Waals surface area contributed by atoms with E-state index in [-0.39, 0.29) is 11.9 Å². The lowest BCUT2D eigenvalue weighted by Crippen LogP contribution is -2.35. The molecule has 1 rings (SSSR count). The molecule has 0 radical (unpaired) electrons. The van der Waals surface area contributed by atoms with Crippen molar-refractivity contribution in [3.63, 3.8) is 0 Å². The highest BCUT2D eigenvalue weighted by Gasteiger charge is 2.32. The van der Waals surface area contributed by atoms with Crippen molar-refractivity contribution >= 4 is 11.6 Å². The van der Waals surface area contributed by atoms with Gasteiger partial charge in [0.1, 0.15) is 11.6 Å². The maximum atomic E-state index is 12.9. The minimum Gasteiger partial charge on any atom is -0.373 e. The molecule has 0 saturated carbocycles. The van der Waals surface area contributed by atoms with Gasteiger partial charge in [0.05, 0.1) is 5.56 Å². The number of halogens is 3. The van der Waals surface area contributed by atoms with Gasteiger partial charge in [-0.15, -0.1) is 0 Å². The van der Waals surface area contributed by atoms with Crippen molar-refractivity contribution in [3.8, 4) is 0 Å². The van der Waals surface area contributed by atoms with E-state index in [0.29, 0.717) is 18.3 Å². The zero-order chi connectivity index (χ0) is 15.5. The summed E-state index contributed by atoms with van der Waals surface area (Å²) in [6, 6.07) is 2.22. The van der Waals surface area contributed by atoms with Crippen molar-refractivity contribution < 1.29 is 13.2 Å². The van der Waals surface area contributed by atoms with Crippen LogP contribution in [0.1, 0.15) is 33.3 Å². The fourth-order valence-electron chi connectivity index (χ4n) is 1.92. The molecule has 1 N–H and O–H groups in total. The van der Waals surface area contributed by atoms with E-state index in [9.17, 15) is 13.2 Å². The lowest BCUT2D eigenvalue weighted by atomic mass is 10.1. The molecule has 0 bridgehead atoms. The lowest BCUT2D eigenvalue weighted by Gasteiger charge is -2.30. The second-order valence-corrected chi connectivity index (χ2v) is 5.49. The van der Waals surface area contributed by atoms with Crippen molar-refractivity contribution in [3.05, 3.63) is 17.7 Å². The number of nitrogens with zero attached hydrogens (tertiary/aromatic N) is 2. The smallest absolute Gasteiger partial charge is 0.373 e. The van der Waals surface area contributed by atoms with Crippen LogP contribution < -0.4 is 10.2 Å². The first-order valence-corrected chi connectivity index (χ1v) is 6.68. The summed E-state index contributed by atoms with van der Waals surface area (Å²) >= 11 is 0. The first kappa shape index (κ1) is 16.6. The molecule has 0 atom stereocenters. The molecule has 0 spiro atoms. The molecule has 0 aliphatic heterocycles. The summed E-state index contributed by atoms with van der Waals surface area (Å²) in [6.07, 6.45) is -4.37. The Kier molecular flexibility index (Phi) is 5.25. The SMILES string of the molecule is CNc1cc(C(F)(F)F)cc(N(CC(C)C)C(C)C)n1. The quantitative estimate of drug-likeness (QED) is 0.887. The number of hydrogen-bond acceptors (Lipinski definition) is 3. The summed E-state index contributed by atoms with van der Waals surface area (Å²) in [6.45, 7) is 8.62. The highest BCUT2D eigenvalue weighted by molar-refractivity contribution is 5.51. The van der Waals surface area contributed by atoms with Crippen LogP contribution in [-0.2, 0) is 6.18 Å². The van der Waals surface area contributed by atoms with E-state index >= 15 is 0 Å². The molecule has 0 amide bonds.